The molecule has 12 heavy (non-hydrogen) atoms. The number of halogens is 1. The Hall–Kier alpha value is -0.150. The van der Waals surface area contributed by atoms with Crippen molar-refractivity contribution in [3.8, 4) is 0 Å². The molecule has 2 unspecified atom stereocenters. The molecular formula is C9H19FN2. The maximum atomic E-state index is 13.8. The number of hydrogen-bond acceptors (Lipinski definition) is 2. The monoisotopic (exact) mass is 174 g/mol. The van der Waals surface area contributed by atoms with Crippen molar-refractivity contribution < 1.29 is 4.39 Å². The van der Waals surface area contributed by atoms with Gasteiger partial charge in [0.15, 0.2) is 0 Å². The first kappa shape index (κ1) is 9.93. The predicted molar refractivity (Wildman–Crippen MR) is 48.8 cm³/mol. The Bertz CT molecular complexity index is 149. The summed E-state index contributed by atoms with van der Waals surface area (Å²) in [6.07, 6.45) is 1.97. The molecule has 1 fully saturated rings. The summed E-state index contributed by atoms with van der Waals surface area (Å²) < 4.78 is 13.8. The van der Waals surface area contributed by atoms with Gasteiger partial charge in [0.2, 0.25) is 0 Å². The zero-order chi connectivity index (χ0) is 9.19. The molecular weight excluding hydrogens is 155 g/mol. The van der Waals surface area contributed by atoms with Gasteiger partial charge in [-0.1, -0.05) is 13.8 Å². The standard InChI is InChI=1S/C9H19FN2/c1-7(2)12-6-9(10)4-3-8(11)5-9/h7-8,12H,3-6,11H2,1-2H3. The minimum atomic E-state index is -1.04. The Morgan fingerprint density at radius 1 is 1.67 bits per heavy atom. The van der Waals surface area contributed by atoms with Gasteiger partial charge in [0.05, 0.1) is 0 Å². The maximum Gasteiger partial charge on any atom is 0.125 e. The van der Waals surface area contributed by atoms with Gasteiger partial charge in [-0.05, 0) is 19.3 Å². The summed E-state index contributed by atoms with van der Waals surface area (Å²) in [5.41, 5.74) is 4.61. The van der Waals surface area contributed by atoms with Crippen LogP contribution in [0.15, 0.2) is 0 Å². The highest BCUT2D eigenvalue weighted by Gasteiger charge is 2.37. The lowest BCUT2D eigenvalue weighted by atomic mass is 10.0. The topological polar surface area (TPSA) is 38.0 Å². The van der Waals surface area contributed by atoms with Gasteiger partial charge in [0.25, 0.3) is 0 Å². The van der Waals surface area contributed by atoms with Gasteiger partial charge in [-0.15, -0.1) is 0 Å². The van der Waals surface area contributed by atoms with Crippen LogP contribution < -0.4 is 11.1 Å². The first-order chi connectivity index (χ1) is 5.52. The Morgan fingerprint density at radius 3 is 2.75 bits per heavy atom. The fourth-order valence-electron chi connectivity index (χ4n) is 1.67. The number of nitrogens with two attached hydrogens (primary N) is 1. The third-order valence-electron chi connectivity index (χ3n) is 2.42. The van der Waals surface area contributed by atoms with Crippen molar-refractivity contribution in [2.75, 3.05) is 6.54 Å². The van der Waals surface area contributed by atoms with Crippen molar-refractivity contribution >= 4 is 0 Å². The number of rotatable bonds is 3. The van der Waals surface area contributed by atoms with E-state index in [0.717, 1.165) is 6.42 Å². The van der Waals surface area contributed by atoms with E-state index in [1.807, 2.05) is 13.8 Å². The zero-order valence-electron chi connectivity index (χ0n) is 7.94. The summed E-state index contributed by atoms with van der Waals surface area (Å²) in [6, 6.07) is 0.429. The Morgan fingerprint density at radius 2 is 2.33 bits per heavy atom. The van der Waals surface area contributed by atoms with E-state index >= 15 is 0 Å². The van der Waals surface area contributed by atoms with Gasteiger partial charge in [0.1, 0.15) is 5.67 Å². The molecule has 1 rings (SSSR count). The highest BCUT2D eigenvalue weighted by molar-refractivity contribution is 4.93. The minimum Gasteiger partial charge on any atom is -0.328 e. The van der Waals surface area contributed by atoms with Gasteiger partial charge in [0, 0.05) is 18.6 Å². The molecule has 2 atom stereocenters. The van der Waals surface area contributed by atoms with Gasteiger partial charge in [-0.3, -0.25) is 0 Å². The maximum absolute atomic E-state index is 13.8. The van der Waals surface area contributed by atoms with E-state index in [1.54, 1.807) is 0 Å². The molecule has 3 heteroatoms. The van der Waals surface area contributed by atoms with Gasteiger partial charge < -0.3 is 11.1 Å². The Labute approximate surface area is 73.7 Å². The zero-order valence-corrected chi connectivity index (χ0v) is 7.94. The van der Waals surface area contributed by atoms with Crippen molar-refractivity contribution in [1.82, 2.24) is 5.32 Å². The van der Waals surface area contributed by atoms with E-state index in [4.69, 9.17) is 5.73 Å². The third-order valence-corrected chi connectivity index (χ3v) is 2.42. The van der Waals surface area contributed by atoms with E-state index in [1.165, 1.54) is 0 Å². The summed E-state index contributed by atoms with van der Waals surface area (Å²) in [7, 11) is 0. The second-order valence-corrected chi connectivity index (χ2v) is 4.19. The van der Waals surface area contributed by atoms with Crippen molar-refractivity contribution in [3.05, 3.63) is 0 Å². The fourth-order valence-corrected chi connectivity index (χ4v) is 1.67. The molecule has 0 bridgehead atoms. The Balaban J connectivity index is 2.30. The van der Waals surface area contributed by atoms with Crippen molar-refractivity contribution in [1.29, 1.82) is 0 Å². The number of hydrogen-bond donors (Lipinski definition) is 2. The summed E-state index contributed by atoms with van der Waals surface area (Å²) in [4.78, 5) is 0. The molecule has 2 nitrogen and oxygen atoms in total. The van der Waals surface area contributed by atoms with Crippen LogP contribution in [0, 0.1) is 0 Å². The molecule has 72 valence electrons. The molecule has 0 aromatic rings. The van der Waals surface area contributed by atoms with E-state index in [0.29, 0.717) is 25.4 Å². The van der Waals surface area contributed by atoms with Crippen molar-refractivity contribution in [3.63, 3.8) is 0 Å². The third kappa shape index (κ3) is 2.72. The van der Waals surface area contributed by atoms with E-state index in [9.17, 15) is 4.39 Å². The van der Waals surface area contributed by atoms with Crippen LogP contribution >= 0.6 is 0 Å². The van der Waals surface area contributed by atoms with Crippen LogP contribution in [-0.2, 0) is 0 Å². The Kier molecular flexibility index (Phi) is 3.07. The highest BCUT2D eigenvalue weighted by Crippen LogP contribution is 2.31. The molecule has 0 aliphatic heterocycles. The smallest absolute Gasteiger partial charge is 0.125 e. The molecule has 3 N–H and O–H groups in total. The van der Waals surface area contributed by atoms with Crippen LogP contribution in [0.4, 0.5) is 4.39 Å². The first-order valence-corrected chi connectivity index (χ1v) is 4.70. The highest BCUT2D eigenvalue weighted by atomic mass is 19.1. The summed E-state index contributed by atoms with van der Waals surface area (Å²) in [5.74, 6) is 0. The van der Waals surface area contributed by atoms with Crippen LogP contribution in [-0.4, -0.2) is 24.3 Å². The molecule has 0 heterocycles. The lowest BCUT2D eigenvalue weighted by Crippen LogP contribution is -2.38. The minimum absolute atomic E-state index is 0.0731. The van der Waals surface area contributed by atoms with E-state index in [2.05, 4.69) is 5.32 Å². The lowest BCUT2D eigenvalue weighted by Gasteiger charge is -2.21. The molecule has 0 aromatic heterocycles. The van der Waals surface area contributed by atoms with Crippen LogP contribution in [0.1, 0.15) is 33.1 Å². The summed E-state index contributed by atoms with van der Waals surface area (Å²) >= 11 is 0. The van der Waals surface area contributed by atoms with E-state index in [-0.39, 0.29) is 6.04 Å². The average molecular weight is 174 g/mol. The second kappa shape index (κ2) is 3.71. The first-order valence-electron chi connectivity index (χ1n) is 4.70. The fraction of sp³-hybridized carbons (Fsp3) is 1.00. The van der Waals surface area contributed by atoms with Crippen LogP contribution in [0.5, 0.6) is 0 Å². The van der Waals surface area contributed by atoms with Crippen molar-refractivity contribution in [2.24, 2.45) is 5.73 Å². The SMILES string of the molecule is CC(C)NCC1(F)CCC(N)C1. The second-order valence-electron chi connectivity index (χ2n) is 4.19. The largest absolute Gasteiger partial charge is 0.328 e. The quantitative estimate of drug-likeness (QED) is 0.675. The molecule has 0 spiro atoms. The molecule has 1 aliphatic carbocycles. The lowest BCUT2D eigenvalue weighted by molar-refractivity contribution is 0.162. The summed E-state index contributed by atoms with van der Waals surface area (Å²) in [6.45, 7) is 4.51. The van der Waals surface area contributed by atoms with Gasteiger partial charge in [-0.25, -0.2) is 4.39 Å². The number of alkyl halides is 1. The normalized spacial score (nSPS) is 36.2. The van der Waals surface area contributed by atoms with Gasteiger partial charge in [-0.2, -0.15) is 0 Å². The summed E-state index contributed by atoms with van der Waals surface area (Å²) in [5, 5.41) is 3.12. The van der Waals surface area contributed by atoms with Gasteiger partial charge >= 0.3 is 0 Å². The number of nitrogens with one attached hydrogen (secondary N) is 1. The average Bonchev–Trinajstić information content (AvgIpc) is 2.29. The van der Waals surface area contributed by atoms with E-state index < -0.39 is 5.67 Å². The van der Waals surface area contributed by atoms with Crippen LogP contribution in [0.3, 0.4) is 0 Å². The molecule has 1 aliphatic rings. The molecule has 0 radical (unpaired) electrons. The predicted octanol–water partition coefficient (Wildman–Crippen LogP) is 1.20. The molecule has 0 amide bonds. The molecule has 1 saturated carbocycles. The molecule has 0 saturated heterocycles. The molecule has 0 aromatic carbocycles. The van der Waals surface area contributed by atoms with Crippen LogP contribution in [0.2, 0.25) is 0 Å². The van der Waals surface area contributed by atoms with Crippen molar-refractivity contribution in [2.45, 2.75) is 50.9 Å². The van der Waals surface area contributed by atoms with Crippen LogP contribution in [0.25, 0.3) is 0 Å².